The summed E-state index contributed by atoms with van der Waals surface area (Å²) in [4.78, 5) is 26.4. The number of aryl methyl sites for hydroxylation is 2. The second-order valence-electron chi connectivity index (χ2n) is 8.77. The summed E-state index contributed by atoms with van der Waals surface area (Å²) >= 11 is 0. The van der Waals surface area contributed by atoms with Crippen molar-refractivity contribution < 1.29 is 14.3 Å². The molecule has 2 aromatic carbocycles. The van der Waals surface area contributed by atoms with Crippen LogP contribution in [0.3, 0.4) is 0 Å². The molecule has 0 fully saturated rings. The fourth-order valence-electron chi connectivity index (χ4n) is 3.85. The molecule has 0 radical (unpaired) electrons. The van der Waals surface area contributed by atoms with Crippen molar-refractivity contribution in [2.24, 2.45) is 0 Å². The zero-order valence-electron chi connectivity index (χ0n) is 18.1. The van der Waals surface area contributed by atoms with Crippen molar-refractivity contribution in [2.45, 2.75) is 53.0 Å². The van der Waals surface area contributed by atoms with Crippen molar-refractivity contribution in [1.29, 1.82) is 0 Å². The Bertz CT molecular complexity index is 926. The van der Waals surface area contributed by atoms with Crippen LogP contribution in [0.5, 0.6) is 5.75 Å². The highest BCUT2D eigenvalue weighted by atomic mass is 16.5. The van der Waals surface area contributed by atoms with Crippen LogP contribution in [0.1, 0.15) is 56.0 Å². The van der Waals surface area contributed by atoms with E-state index in [0.29, 0.717) is 13.2 Å². The maximum Gasteiger partial charge on any atom is 0.254 e. The minimum Gasteiger partial charge on any atom is -0.492 e. The summed E-state index contributed by atoms with van der Waals surface area (Å²) in [5, 5.41) is 2.79. The van der Waals surface area contributed by atoms with E-state index in [4.69, 9.17) is 4.74 Å². The highest BCUT2D eigenvalue weighted by molar-refractivity contribution is 6.07. The maximum absolute atomic E-state index is 13.0. The number of hydrogen-bond donors (Lipinski definition) is 1. The van der Waals surface area contributed by atoms with Crippen LogP contribution >= 0.6 is 0 Å². The Labute approximate surface area is 173 Å². The first kappa shape index (κ1) is 20.9. The van der Waals surface area contributed by atoms with Crippen LogP contribution in [0, 0.1) is 13.8 Å². The van der Waals surface area contributed by atoms with Crippen LogP contribution in [-0.2, 0) is 15.0 Å². The molecular weight excluding hydrogens is 364 g/mol. The molecule has 154 valence electrons. The summed E-state index contributed by atoms with van der Waals surface area (Å²) in [6.07, 6.45) is 0. The van der Waals surface area contributed by atoms with Crippen molar-refractivity contribution in [3.05, 3.63) is 58.7 Å². The fraction of sp³-hybridized carbons (Fsp3) is 0.417. The quantitative estimate of drug-likeness (QED) is 0.827. The van der Waals surface area contributed by atoms with Crippen molar-refractivity contribution in [3.63, 3.8) is 0 Å². The van der Waals surface area contributed by atoms with Gasteiger partial charge in [0.1, 0.15) is 18.4 Å². The number of nitrogens with one attached hydrogen (secondary N) is 1. The second kappa shape index (κ2) is 7.90. The molecule has 0 spiro atoms. The lowest BCUT2D eigenvalue weighted by molar-refractivity contribution is -0.126. The van der Waals surface area contributed by atoms with E-state index in [1.54, 1.807) is 4.90 Å². The van der Waals surface area contributed by atoms with Crippen LogP contribution < -0.4 is 15.0 Å². The molecule has 2 aromatic rings. The zero-order chi connectivity index (χ0) is 21.3. The summed E-state index contributed by atoms with van der Waals surface area (Å²) in [7, 11) is 0. The molecule has 3 rings (SSSR count). The third kappa shape index (κ3) is 4.44. The molecule has 1 atom stereocenters. The standard InChI is InChI=1S/C24H30N2O3/c1-15-13-16(2)22-20(14-15)21(25-17(3)27)23(28)26(22)11-12-29-19-9-7-18(8-10-19)24(4,5)6/h7-10,13-14,21H,11-12H2,1-6H3,(H,25,27)/t21-/m1/s1. The number of ether oxygens (including phenoxy) is 1. The molecule has 1 aliphatic heterocycles. The van der Waals surface area contributed by atoms with Gasteiger partial charge in [-0.2, -0.15) is 0 Å². The predicted molar refractivity (Wildman–Crippen MR) is 115 cm³/mol. The Morgan fingerprint density at radius 2 is 1.79 bits per heavy atom. The van der Waals surface area contributed by atoms with Gasteiger partial charge in [-0.15, -0.1) is 0 Å². The van der Waals surface area contributed by atoms with E-state index in [1.165, 1.54) is 12.5 Å². The van der Waals surface area contributed by atoms with E-state index in [2.05, 4.69) is 44.3 Å². The number of amides is 2. The Balaban J connectivity index is 1.74. The van der Waals surface area contributed by atoms with Gasteiger partial charge >= 0.3 is 0 Å². The van der Waals surface area contributed by atoms with Crippen LogP contribution in [-0.4, -0.2) is 25.0 Å². The molecule has 5 heteroatoms. The lowest BCUT2D eigenvalue weighted by Crippen LogP contribution is -2.38. The minimum atomic E-state index is -0.632. The summed E-state index contributed by atoms with van der Waals surface area (Å²) < 4.78 is 5.90. The third-order valence-electron chi connectivity index (χ3n) is 5.22. The second-order valence-corrected chi connectivity index (χ2v) is 8.77. The van der Waals surface area contributed by atoms with E-state index in [0.717, 1.165) is 28.1 Å². The van der Waals surface area contributed by atoms with Gasteiger partial charge in [0.25, 0.3) is 5.91 Å². The molecule has 1 heterocycles. The molecule has 0 aliphatic carbocycles. The van der Waals surface area contributed by atoms with Gasteiger partial charge in [-0.25, -0.2) is 0 Å². The average molecular weight is 395 g/mol. The van der Waals surface area contributed by atoms with E-state index in [9.17, 15) is 9.59 Å². The summed E-state index contributed by atoms with van der Waals surface area (Å²) in [6.45, 7) is 12.7. The molecule has 1 aliphatic rings. The fourth-order valence-corrected chi connectivity index (χ4v) is 3.85. The van der Waals surface area contributed by atoms with Gasteiger partial charge in [0.05, 0.1) is 12.2 Å². The molecule has 0 saturated heterocycles. The summed E-state index contributed by atoms with van der Waals surface area (Å²) in [6, 6.07) is 11.5. The maximum atomic E-state index is 13.0. The van der Waals surface area contributed by atoms with Gasteiger partial charge < -0.3 is 15.0 Å². The highest BCUT2D eigenvalue weighted by Crippen LogP contribution is 2.39. The zero-order valence-corrected chi connectivity index (χ0v) is 18.1. The number of rotatable bonds is 5. The topological polar surface area (TPSA) is 58.6 Å². The number of anilines is 1. The van der Waals surface area contributed by atoms with Gasteiger partial charge in [0, 0.05) is 12.5 Å². The van der Waals surface area contributed by atoms with E-state index in [-0.39, 0.29) is 17.2 Å². The molecule has 5 nitrogen and oxygen atoms in total. The molecule has 0 saturated carbocycles. The Hall–Kier alpha value is -2.82. The number of carbonyl (C=O) groups is 2. The van der Waals surface area contributed by atoms with Crippen LogP contribution in [0.15, 0.2) is 36.4 Å². The largest absolute Gasteiger partial charge is 0.492 e. The monoisotopic (exact) mass is 394 g/mol. The van der Waals surface area contributed by atoms with E-state index < -0.39 is 6.04 Å². The molecular formula is C24H30N2O3. The van der Waals surface area contributed by atoms with Crippen LogP contribution in [0.2, 0.25) is 0 Å². The number of benzene rings is 2. The van der Waals surface area contributed by atoms with Gasteiger partial charge in [0.2, 0.25) is 5.91 Å². The average Bonchev–Trinajstić information content (AvgIpc) is 2.87. The van der Waals surface area contributed by atoms with Crippen LogP contribution in [0.4, 0.5) is 5.69 Å². The third-order valence-corrected chi connectivity index (χ3v) is 5.22. The molecule has 29 heavy (non-hydrogen) atoms. The first-order valence-electron chi connectivity index (χ1n) is 10.0. The SMILES string of the molecule is CC(=O)N[C@H]1C(=O)N(CCOc2ccc(C(C)(C)C)cc2)c2c(C)cc(C)cc21. The Morgan fingerprint density at radius 3 is 2.38 bits per heavy atom. The molecule has 0 bridgehead atoms. The number of hydrogen-bond acceptors (Lipinski definition) is 3. The predicted octanol–water partition coefficient (Wildman–Crippen LogP) is 4.20. The molecule has 0 aromatic heterocycles. The van der Waals surface area contributed by atoms with Gasteiger partial charge in [-0.3, -0.25) is 9.59 Å². The molecule has 1 N–H and O–H groups in total. The van der Waals surface area contributed by atoms with E-state index in [1.807, 2.05) is 32.0 Å². The number of nitrogens with zero attached hydrogens (tertiary/aromatic N) is 1. The first-order chi connectivity index (χ1) is 13.6. The Kier molecular flexibility index (Phi) is 5.69. The number of carbonyl (C=O) groups excluding carboxylic acids is 2. The summed E-state index contributed by atoms with van der Waals surface area (Å²) in [5.74, 6) is 0.449. The number of fused-ring (bicyclic) bond motifs is 1. The van der Waals surface area contributed by atoms with Gasteiger partial charge in [0.15, 0.2) is 0 Å². The smallest absolute Gasteiger partial charge is 0.254 e. The van der Waals surface area contributed by atoms with Crippen molar-refractivity contribution in [1.82, 2.24) is 5.32 Å². The van der Waals surface area contributed by atoms with Gasteiger partial charge in [-0.1, -0.05) is 50.6 Å². The van der Waals surface area contributed by atoms with Crippen molar-refractivity contribution >= 4 is 17.5 Å². The van der Waals surface area contributed by atoms with Crippen molar-refractivity contribution in [3.8, 4) is 5.75 Å². The molecule has 2 amide bonds. The van der Waals surface area contributed by atoms with E-state index >= 15 is 0 Å². The minimum absolute atomic E-state index is 0.0958. The van der Waals surface area contributed by atoms with Crippen LogP contribution in [0.25, 0.3) is 0 Å². The highest BCUT2D eigenvalue weighted by Gasteiger charge is 2.38. The van der Waals surface area contributed by atoms with Crippen molar-refractivity contribution in [2.75, 3.05) is 18.1 Å². The lowest BCUT2D eigenvalue weighted by atomic mass is 9.87. The lowest BCUT2D eigenvalue weighted by Gasteiger charge is -2.21. The van der Waals surface area contributed by atoms with Gasteiger partial charge in [-0.05, 0) is 42.5 Å². The molecule has 0 unspecified atom stereocenters. The Morgan fingerprint density at radius 1 is 1.14 bits per heavy atom. The summed E-state index contributed by atoms with van der Waals surface area (Å²) in [5.41, 5.74) is 5.18. The normalized spacial score (nSPS) is 16.0. The first-order valence-corrected chi connectivity index (χ1v) is 10.0.